The fraction of sp³-hybridized carbons (Fsp3) is 0.235. The van der Waals surface area contributed by atoms with Gasteiger partial charge in [0.05, 0.1) is 6.04 Å². The predicted octanol–water partition coefficient (Wildman–Crippen LogP) is 2.66. The maximum Gasteiger partial charge on any atom is 0.239 e. The Kier molecular flexibility index (Phi) is 4.53. The molecule has 0 heterocycles. The van der Waals surface area contributed by atoms with Crippen LogP contribution in [-0.2, 0) is 11.3 Å². The molecule has 0 fully saturated rings. The average molecular weight is 268 g/mol. The zero-order chi connectivity index (χ0) is 14.5. The average Bonchev–Trinajstić information content (AvgIpc) is 2.48. The SMILES string of the molecule is CC(N)C(=O)N(C)Cc1ccc(-c2ccccc2)cc1. The molecule has 3 nitrogen and oxygen atoms in total. The summed E-state index contributed by atoms with van der Waals surface area (Å²) in [7, 11) is 1.77. The van der Waals surface area contributed by atoms with Crippen molar-refractivity contribution in [2.45, 2.75) is 19.5 Å². The maximum atomic E-state index is 11.7. The molecule has 1 amide bonds. The summed E-state index contributed by atoms with van der Waals surface area (Å²) >= 11 is 0. The van der Waals surface area contributed by atoms with Gasteiger partial charge in [0.2, 0.25) is 5.91 Å². The van der Waals surface area contributed by atoms with Crippen LogP contribution >= 0.6 is 0 Å². The third kappa shape index (κ3) is 3.45. The minimum Gasteiger partial charge on any atom is -0.340 e. The molecule has 1 atom stereocenters. The number of amides is 1. The van der Waals surface area contributed by atoms with Crippen LogP contribution in [0.2, 0.25) is 0 Å². The van der Waals surface area contributed by atoms with Crippen LogP contribution < -0.4 is 5.73 Å². The van der Waals surface area contributed by atoms with E-state index in [4.69, 9.17) is 5.73 Å². The first-order valence-corrected chi connectivity index (χ1v) is 6.73. The van der Waals surface area contributed by atoms with Crippen molar-refractivity contribution < 1.29 is 4.79 Å². The van der Waals surface area contributed by atoms with Crippen LogP contribution in [0.1, 0.15) is 12.5 Å². The van der Waals surface area contributed by atoms with Crippen molar-refractivity contribution in [2.24, 2.45) is 5.73 Å². The van der Waals surface area contributed by atoms with Crippen molar-refractivity contribution in [3.63, 3.8) is 0 Å². The van der Waals surface area contributed by atoms with Crippen molar-refractivity contribution in [1.29, 1.82) is 0 Å². The van der Waals surface area contributed by atoms with E-state index in [1.165, 1.54) is 11.1 Å². The van der Waals surface area contributed by atoms with Crippen LogP contribution in [0.4, 0.5) is 0 Å². The largest absolute Gasteiger partial charge is 0.340 e. The summed E-state index contributed by atoms with van der Waals surface area (Å²) in [5.41, 5.74) is 9.07. The predicted molar refractivity (Wildman–Crippen MR) is 82.0 cm³/mol. The highest BCUT2D eigenvalue weighted by Crippen LogP contribution is 2.19. The van der Waals surface area contributed by atoms with Gasteiger partial charge >= 0.3 is 0 Å². The molecule has 2 aromatic rings. The summed E-state index contributed by atoms with van der Waals surface area (Å²) in [6.07, 6.45) is 0. The van der Waals surface area contributed by atoms with Crippen LogP contribution in [0.5, 0.6) is 0 Å². The monoisotopic (exact) mass is 268 g/mol. The molecule has 2 rings (SSSR count). The quantitative estimate of drug-likeness (QED) is 0.926. The van der Waals surface area contributed by atoms with Gasteiger partial charge in [-0.2, -0.15) is 0 Å². The molecule has 3 heteroatoms. The van der Waals surface area contributed by atoms with E-state index in [1.807, 2.05) is 30.3 Å². The number of nitrogens with two attached hydrogens (primary N) is 1. The van der Waals surface area contributed by atoms with Crippen LogP contribution in [0.25, 0.3) is 11.1 Å². The van der Waals surface area contributed by atoms with E-state index in [2.05, 4.69) is 24.3 Å². The molecular weight excluding hydrogens is 248 g/mol. The molecule has 1 unspecified atom stereocenters. The summed E-state index contributed by atoms with van der Waals surface area (Å²) in [6, 6.07) is 18.0. The molecule has 2 aromatic carbocycles. The van der Waals surface area contributed by atoms with Crippen molar-refractivity contribution in [3.05, 3.63) is 60.2 Å². The number of carbonyl (C=O) groups is 1. The second kappa shape index (κ2) is 6.35. The molecule has 2 N–H and O–H groups in total. The van der Waals surface area contributed by atoms with Crippen molar-refractivity contribution in [1.82, 2.24) is 4.90 Å². The second-order valence-corrected chi connectivity index (χ2v) is 5.05. The molecule has 0 bridgehead atoms. The normalized spacial score (nSPS) is 11.9. The minimum absolute atomic E-state index is 0.0443. The van der Waals surface area contributed by atoms with Gasteiger partial charge in [0, 0.05) is 13.6 Å². The lowest BCUT2D eigenvalue weighted by atomic mass is 10.0. The summed E-state index contributed by atoms with van der Waals surface area (Å²) in [6.45, 7) is 2.28. The summed E-state index contributed by atoms with van der Waals surface area (Å²) in [4.78, 5) is 13.4. The third-order valence-corrected chi connectivity index (χ3v) is 3.25. The zero-order valence-corrected chi connectivity index (χ0v) is 11.9. The Morgan fingerprint density at radius 2 is 1.60 bits per heavy atom. The van der Waals surface area contributed by atoms with E-state index in [1.54, 1.807) is 18.9 Å². The van der Waals surface area contributed by atoms with Gasteiger partial charge in [0.25, 0.3) is 0 Å². The Balaban J connectivity index is 2.07. The van der Waals surface area contributed by atoms with Crippen LogP contribution in [0.3, 0.4) is 0 Å². The Bertz CT molecular complexity index is 561. The Labute approximate surface area is 120 Å². The first-order chi connectivity index (χ1) is 9.58. The Morgan fingerprint density at radius 3 is 2.15 bits per heavy atom. The highest BCUT2D eigenvalue weighted by Gasteiger charge is 2.13. The lowest BCUT2D eigenvalue weighted by molar-refractivity contribution is -0.131. The lowest BCUT2D eigenvalue weighted by Crippen LogP contribution is -2.39. The van der Waals surface area contributed by atoms with Crippen LogP contribution in [-0.4, -0.2) is 23.9 Å². The third-order valence-electron chi connectivity index (χ3n) is 3.25. The van der Waals surface area contributed by atoms with Crippen molar-refractivity contribution in [3.8, 4) is 11.1 Å². The van der Waals surface area contributed by atoms with Gasteiger partial charge in [0.1, 0.15) is 0 Å². The summed E-state index contributed by atoms with van der Waals surface area (Å²) in [5.74, 6) is -0.0443. The molecule has 0 aliphatic carbocycles. The van der Waals surface area contributed by atoms with E-state index < -0.39 is 6.04 Å². The highest BCUT2D eigenvalue weighted by atomic mass is 16.2. The fourth-order valence-corrected chi connectivity index (χ4v) is 2.13. The number of hydrogen-bond acceptors (Lipinski definition) is 2. The van der Waals surface area contributed by atoms with Gasteiger partial charge in [-0.25, -0.2) is 0 Å². The standard InChI is InChI=1S/C17H20N2O/c1-13(18)17(20)19(2)12-14-8-10-16(11-9-14)15-6-4-3-5-7-15/h3-11,13H,12,18H2,1-2H3. The molecular formula is C17H20N2O. The number of benzene rings is 2. The lowest BCUT2D eigenvalue weighted by Gasteiger charge is -2.19. The zero-order valence-electron chi connectivity index (χ0n) is 11.9. The Morgan fingerprint density at radius 1 is 1.05 bits per heavy atom. The number of likely N-dealkylation sites (N-methyl/N-ethyl adjacent to an activating group) is 1. The van der Waals surface area contributed by atoms with E-state index in [9.17, 15) is 4.79 Å². The van der Waals surface area contributed by atoms with Gasteiger partial charge in [-0.05, 0) is 23.6 Å². The van der Waals surface area contributed by atoms with Gasteiger partial charge in [-0.15, -0.1) is 0 Å². The molecule has 104 valence electrons. The van der Waals surface area contributed by atoms with Crippen LogP contribution in [0.15, 0.2) is 54.6 Å². The highest BCUT2D eigenvalue weighted by molar-refractivity contribution is 5.80. The Hall–Kier alpha value is -2.13. The van der Waals surface area contributed by atoms with E-state index in [-0.39, 0.29) is 5.91 Å². The molecule has 0 aliphatic rings. The number of carbonyl (C=O) groups excluding carboxylic acids is 1. The molecule has 0 spiro atoms. The van der Waals surface area contributed by atoms with Crippen LogP contribution in [0, 0.1) is 0 Å². The first kappa shape index (κ1) is 14.3. The topological polar surface area (TPSA) is 46.3 Å². The number of nitrogens with zero attached hydrogens (tertiary/aromatic N) is 1. The van der Waals surface area contributed by atoms with Gasteiger partial charge in [-0.1, -0.05) is 54.6 Å². The van der Waals surface area contributed by atoms with Gasteiger partial charge in [-0.3, -0.25) is 4.79 Å². The van der Waals surface area contributed by atoms with E-state index in [0.717, 1.165) is 5.56 Å². The van der Waals surface area contributed by atoms with E-state index >= 15 is 0 Å². The number of rotatable bonds is 4. The van der Waals surface area contributed by atoms with Gasteiger partial charge in [0.15, 0.2) is 0 Å². The smallest absolute Gasteiger partial charge is 0.239 e. The summed E-state index contributed by atoms with van der Waals surface area (Å²) < 4.78 is 0. The molecule has 0 saturated heterocycles. The fourth-order valence-electron chi connectivity index (χ4n) is 2.13. The second-order valence-electron chi connectivity index (χ2n) is 5.05. The van der Waals surface area contributed by atoms with Crippen molar-refractivity contribution >= 4 is 5.91 Å². The maximum absolute atomic E-state index is 11.7. The minimum atomic E-state index is -0.455. The molecule has 0 saturated carbocycles. The van der Waals surface area contributed by atoms with Crippen molar-refractivity contribution in [2.75, 3.05) is 7.05 Å². The molecule has 20 heavy (non-hydrogen) atoms. The van der Waals surface area contributed by atoms with Gasteiger partial charge < -0.3 is 10.6 Å². The number of hydrogen-bond donors (Lipinski definition) is 1. The summed E-state index contributed by atoms with van der Waals surface area (Å²) in [5, 5.41) is 0. The first-order valence-electron chi connectivity index (χ1n) is 6.73. The molecule has 0 aliphatic heterocycles. The molecule has 0 radical (unpaired) electrons. The molecule has 0 aromatic heterocycles. The van der Waals surface area contributed by atoms with E-state index in [0.29, 0.717) is 6.54 Å².